The molecule has 1 aliphatic rings. The lowest BCUT2D eigenvalue weighted by molar-refractivity contribution is 0.565. The van der Waals surface area contributed by atoms with Crippen LogP contribution in [0.3, 0.4) is 0 Å². The van der Waals surface area contributed by atoms with E-state index in [1.54, 1.807) is 0 Å². The molecule has 1 fully saturated rings. The highest BCUT2D eigenvalue weighted by Crippen LogP contribution is 2.43. The number of anilines is 1. The zero-order valence-electron chi connectivity index (χ0n) is 18.7. The molecular formula is C26H24ClN5S. The molecule has 7 heteroatoms. The van der Waals surface area contributed by atoms with Crippen molar-refractivity contribution in [2.75, 3.05) is 4.90 Å². The Bertz CT molecular complexity index is 1320. The van der Waals surface area contributed by atoms with Crippen LogP contribution in [0.4, 0.5) is 5.69 Å². The summed E-state index contributed by atoms with van der Waals surface area (Å²) in [6, 6.07) is 19.9. The summed E-state index contributed by atoms with van der Waals surface area (Å²) in [5, 5.41) is 4.88. The molecule has 33 heavy (non-hydrogen) atoms. The van der Waals surface area contributed by atoms with Crippen LogP contribution in [-0.2, 0) is 0 Å². The van der Waals surface area contributed by atoms with Gasteiger partial charge in [-0.05, 0) is 92.6 Å². The predicted octanol–water partition coefficient (Wildman–Crippen LogP) is 6.02. The lowest BCUT2D eigenvalue weighted by Crippen LogP contribution is -2.29. The maximum Gasteiger partial charge on any atom is 0.174 e. The second-order valence-corrected chi connectivity index (χ2v) is 9.10. The normalized spacial score (nSPS) is 17.9. The number of benzene rings is 1. The maximum atomic E-state index is 6.18. The lowest BCUT2D eigenvalue weighted by atomic mass is 9.96. The maximum absolute atomic E-state index is 6.18. The minimum Gasteiger partial charge on any atom is -0.351 e. The number of rotatable bonds is 4. The first-order valence-electron chi connectivity index (χ1n) is 10.8. The van der Waals surface area contributed by atoms with Crippen molar-refractivity contribution < 1.29 is 0 Å². The largest absolute Gasteiger partial charge is 0.351 e. The van der Waals surface area contributed by atoms with Gasteiger partial charge in [0.1, 0.15) is 5.82 Å². The number of hydrogen-bond donors (Lipinski definition) is 1. The highest BCUT2D eigenvalue weighted by molar-refractivity contribution is 7.80. The van der Waals surface area contributed by atoms with E-state index in [0.29, 0.717) is 10.1 Å². The van der Waals surface area contributed by atoms with E-state index in [1.807, 2.05) is 60.9 Å². The first-order valence-corrected chi connectivity index (χ1v) is 11.6. The van der Waals surface area contributed by atoms with Crippen molar-refractivity contribution in [3.8, 4) is 5.82 Å². The van der Waals surface area contributed by atoms with Gasteiger partial charge in [0, 0.05) is 34.5 Å². The highest BCUT2D eigenvalue weighted by Gasteiger charge is 2.42. The van der Waals surface area contributed by atoms with Gasteiger partial charge in [-0.15, -0.1) is 0 Å². The number of nitrogens with zero attached hydrogens (tertiary/aromatic N) is 4. The first kappa shape index (κ1) is 21.6. The minimum absolute atomic E-state index is 0.0856. The van der Waals surface area contributed by atoms with Crippen LogP contribution in [0.25, 0.3) is 5.82 Å². The van der Waals surface area contributed by atoms with E-state index >= 15 is 0 Å². The Kier molecular flexibility index (Phi) is 5.64. The van der Waals surface area contributed by atoms with E-state index in [9.17, 15) is 0 Å². The molecule has 1 aromatic carbocycles. The summed E-state index contributed by atoms with van der Waals surface area (Å²) >= 11 is 12.0. The molecule has 5 nitrogen and oxygen atoms in total. The molecule has 0 aliphatic carbocycles. The van der Waals surface area contributed by atoms with Crippen molar-refractivity contribution in [2.45, 2.75) is 32.9 Å². The van der Waals surface area contributed by atoms with Crippen molar-refractivity contribution in [1.82, 2.24) is 19.9 Å². The second-order valence-electron chi connectivity index (χ2n) is 8.28. The summed E-state index contributed by atoms with van der Waals surface area (Å²) in [6.45, 7) is 6.35. The third kappa shape index (κ3) is 3.79. The molecule has 0 radical (unpaired) electrons. The molecular weight excluding hydrogens is 450 g/mol. The molecule has 1 aliphatic heterocycles. The monoisotopic (exact) mass is 473 g/mol. The van der Waals surface area contributed by atoms with E-state index in [2.05, 4.69) is 57.7 Å². The van der Waals surface area contributed by atoms with Crippen LogP contribution in [0.1, 0.15) is 40.3 Å². The Morgan fingerprint density at radius 3 is 2.39 bits per heavy atom. The Morgan fingerprint density at radius 1 is 0.939 bits per heavy atom. The van der Waals surface area contributed by atoms with Crippen LogP contribution in [0, 0.1) is 20.8 Å². The molecule has 0 amide bonds. The van der Waals surface area contributed by atoms with Gasteiger partial charge in [0.2, 0.25) is 0 Å². The Morgan fingerprint density at radius 2 is 1.70 bits per heavy atom. The molecule has 1 N–H and O–H groups in total. The third-order valence-electron chi connectivity index (χ3n) is 6.19. The molecule has 0 spiro atoms. The van der Waals surface area contributed by atoms with Gasteiger partial charge < -0.3 is 14.8 Å². The zero-order valence-corrected chi connectivity index (χ0v) is 20.2. The van der Waals surface area contributed by atoms with Gasteiger partial charge in [0.05, 0.1) is 17.8 Å². The van der Waals surface area contributed by atoms with E-state index in [-0.39, 0.29) is 12.1 Å². The first-order chi connectivity index (χ1) is 16.0. The number of aromatic nitrogens is 3. The van der Waals surface area contributed by atoms with Gasteiger partial charge in [-0.1, -0.05) is 23.7 Å². The molecule has 0 bridgehead atoms. The standard InChI is InChI=1S/C26H24ClN5S/c1-16-7-6-14-29-25(16)31-17(2)15-21(18(31)3)24-23(22-8-4-5-13-28-22)30-26(33)32(24)20-11-9-19(27)10-12-20/h4-15,23-24H,1-3H3,(H,30,33). The molecule has 0 saturated carbocycles. The lowest BCUT2D eigenvalue weighted by Gasteiger charge is -2.28. The van der Waals surface area contributed by atoms with Crippen molar-refractivity contribution in [3.63, 3.8) is 0 Å². The van der Waals surface area contributed by atoms with Gasteiger partial charge in [0.25, 0.3) is 0 Å². The van der Waals surface area contributed by atoms with Gasteiger partial charge in [-0.2, -0.15) is 0 Å². The molecule has 2 atom stereocenters. The minimum atomic E-state index is -0.104. The Labute approximate surface area is 204 Å². The zero-order chi connectivity index (χ0) is 23.1. The fourth-order valence-electron chi connectivity index (χ4n) is 4.68. The van der Waals surface area contributed by atoms with Crippen molar-refractivity contribution in [3.05, 3.63) is 106 Å². The SMILES string of the molecule is Cc1cccnc1-n1c(C)cc(C2C(c3ccccn3)NC(=S)N2c2ccc(Cl)cc2)c1C. The topological polar surface area (TPSA) is 46.0 Å². The molecule has 3 aromatic heterocycles. The van der Waals surface area contributed by atoms with Gasteiger partial charge in [-0.25, -0.2) is 4.98 Å². The number of thiocarbonyl (C=S) groups is 1. The molecule has 4 heterocycles. The second kappa shape index (κ2) is 8.61. The predicted molar refractivity (Wildman–Crippen MR) is 137 cm³/mol. The van der Waals surface area contributed by atoms with Gasteiger partial charge in [-0.3, -0.25) is 4.98 Å². The quantitative estimate of drug-likeness (QED) is 0.367. The smallest absolute Gasteiger partial charge is 0.174 e. The van der Waals surface area contributed by atoms with E-state index in [4.69, 9.17) is 23.8 Å². The van der Waals surface area contributed by atoms with Crippen molar-refractivity contribution in [1.29, 1.82) is 0 Å². The Hall–Kier alpha value is -3.22. The summed E-state index contributed by atoms with van der Waals surface area (Å²) in [4.78, 5) is 11.5. The summed E-state index contributed by atoms with van der Waals surface area (Å²) < 4.78 is 2.22. The van der Waals surface area contributed by atoms with Crippen LogP contribution in [-0.4, -0.2) is 19.6 Å². The third-order valence-corrected chi connectivity index (χ3v) is 6.75. The molecule has 166 valence electrons. The highest BCUT2D eigenvalue weighted by atomic mass is 35.5. The summed E-state index contributed by atoms with van der Waals surface area (Å²) in [5.74, 6) is 0.944. The van der Waals surface area contributed by atoms with Crippen molar-refractivity contribution in [2.24, 2.45) is 0 Å². The van der Waals surface area contributed by atoms with Crippen LogP contribution in [0.2, 0.25) is 5.02 Å². The summed E-state index contributed by atoms with van der Waals surface area (Å²) in [5.41, 5.74) is 6.49. The molecule has 1 saturated heterocycles. The van der Waals surface area contributed by atoms with Crippen LogP contribution < -0.4 is 10.2 Å². The Balaban J connectivity index is 1.69. The van der Waals surface area contributed by atoms with E-state index < -0.39 is 0 Å². The van der Waals surface area contributed by atoms with Gasteiger partial charge in [0.15, 0.2) is 5.11 Å². The van der Waals surface area contributed by atoms with Gasteiger partial charge >= 0.3 is 0 Å². The van der Waals surface area contributed by atoms with E-state index in [0.717, 1.165) is 34.2 Å². The molecule has 5 rings (SSSR count). The number of hydrogen-bond acceptors (Lipinski definition) is 3. The number of aryl methyl sites for hydroxylation is 2. The molecule has 4 aromatic rings. The summed E-state index contributed by atoms with van der Waals surface area (Å²) in [7, 11) is 0. The van der Waals surface area contributed by atoms with Crippen LogP contribution in [0.15, 0.2) is 73.1 Å². The fourth-order valence-corrected chi connectivity index (χ4v) is 5.15. The van der Waals surface area contributed by atoms with E-state index in [1.165, 1.54) is 5.56 Å². The van der Waals surface area contributed by atoms with Crippen LogP contribution >= 0.6 is 23.8 Å². The number of halogens is 1. The van der Waals surface area contributed by atoms with Crippen LogP contribution in [0.5, 0.6) is 0 Å². The number of nitrogens with one attached hydrogen (secondary N) is 1. The summed E-state index contributed by atoms with van der Waals surface area (Å²) in [6.07, 6.45) is 3.66. The molecule has 2 unspecified atom stereocenters. The number of pyridine rings is 2. The fraction of sp³-hybridized carbons (Fsp3) is 0.192. The van der Waals surface area contributed by atoms with Crippen molar-refractivity contribution >= 4 is 34.6 Å². The average molecular weight is 474 g/mol. The average Bonchev–Trinajstić information content (AvgIpc) is 3.31.